The van der Waals surface area contributed by atoms with Gasteiger partial charge in [0.2, 0.25) is 0 Å². The molecule has 3 aromatic rings. The zero-order valence-electron chi connectivity index (χ0n) is 18.2. The van der Waals surface area contributed by atoms with Crippen molar-refractivity contribution in [2.75, 3.05) is 32.6 Å². The average molecular weight is 441 g/mol. The number of thiophene rings is 1. The Morgan fingerprint density at radius 1 is 1.10 bits per heavy atom. The molecule has 1 amide bonds. The number of anilines is 1. The lowest BCUT2D eigenvalue weighted by molar-refractivity contribution is 0.0949. The van der Waals surface area contributed by atoms with Crippen LogP contribution in [0.25, 0.3) is 10.2 Å². The summed E-state index contributed by atoms with van der Waals surface area (Å²) in [6.45, 7) is 3.07. The summed E-state index contributed by atoms with van der Waals surface area (Å²) < 4.78 is 10.7. The van der Waals surface area contributed by atoms with Gasteiger partial charge in [0, 0.05) is 24.4 Å². The second-order valence-corrected chi connectivity index (χ2v) is 8.54. The summed E-state index contributed by atoms with van der Waals surface area (Å²) in [5, 5.41) is 7.55. The number of nitrogens with one attached hydrogen (secondary N) is 2. The van der Waals surface area contributed by atoms with Crippen LogP contribution in [0.1, 0.15) is 46.4 Å². The number of carbonyl (C=O) groups excluding carboxylic acids is 1. The van der Waals surface area contributed by atoms with Crippen molar-refractivity contribution in [1.29, 1.82) is 0 Å². The normalized spacial score (nSPS) is 13.0. The van der Waals surface area contributed by atoms with E-state index in [0.717, 1.165) is 41.1 Å². The van der Waals surface area contributed by atoms with Crippen LogP contribution in [0.5, 0.6) is 11.5 Å². The van der Waals surface area contributed by atoms with E-state index in [1.54, 1.807) is 43.8 Å². The van der Waals surface area contributed by atoms with Gasteiger partial charge in [0.15, 0.2) is 0 Å². The molecule has 0 saturated carbocycles. The van der Waals surface area contributed by atoms with Crippen molar-refractivity contribution in [3.8, 4) is 11.5 Å². The average Bonchev–Trinajstić information content (AvgIpc) is 3.19. The third kappa shape index (κ3) is 4.30. The van der Waals surface area contributed by atoms with E-state index in [1.165, 1.54) is 23.3 Å². The Hall–Kier alpha value is -2.87. The van der Waals surface area contributed by atoms with Crippen LogP contribution in [-0.2, 0) is 19.3 Å². The van der Waals surface area contributed by atoms with Gasteiger partial charge >= 0.3 is 0 Å². The number of benzene rings is 1. The van der Waals surface area contributed by atoms with Crippen LogP contribution in [0.2, 0.25) is 0 Å². The number of aromatic nitrogens is 2. The smallest absolute Gasteiger partial charge is 0.258 e. The van der Waals surface area contributed by atoms with Gasteiger partial charge in [0.05, 0.1) is 19.6 Å². The van der Waals surface area contributed by atoms with Crippen molar-refractivity contribution in [3.05, 3.63) is 40.0 Å². The summed E-state index contributed by atoms with van der Waals surface area (Å²) in [5.74, 6) is 2.47. The molecule has 1 aromatic carbocycles. The molecule has 1 aliphatic rings. The number of carbonyl (C=O) groups is 1. The van der Waals surface area contributed by atoms with Crippen molar-refractivity contribution in [1.82, 2.24) is 15.3 Å². The Kier molecular flexibility index (Phi) is 6.56. The molecular weight excluding hydrogens is 412 g/mol. The molecule has 0 fully saturated rings. The van der Waals surface area contributed by atoms with Crippen LogP contribution in [-0.4, -0.2) is 43.2 Å². The highest BCUT2D eigenvalue weighted by Gasteiger charge is 2.21. The fourth-order valence-corrected chi connectivity index (χ4v) is 5.29. The first-order valence-corrected chi connectivity index (χ1v) is 11.5. The zero-order valence-corrected chi connectivity index (χ0v) is 19.0. The standard InChI is InChI=1S/C23H28N4O3S/c1-4-18-26-21(19-14-8-5-6-11-17(14)31-23(19)27-18)24-12-13-25-22(28)20-15(29-2)9-7-10-16(20)30-3/h7,9-10H,4-6,8,11-13H2,1-3H3,(H,25,28)(H,24,26,27). The molecule has 0 aliphatic heterocycles. The topological polar surface area (TPSA) is 85.4 Å². The number of ether oxygens (including phenoxy) is 2. The van der Waals surface area contributed by atoms with E-state index in [4.69, 9.17) is 19.4 Å². The molecule has 7 nitrogen and oxygen atoms in total. The number of hydrogen-bond donors (Lipinski definition) is 2. The van der Waals surface area contributed by atoms with E-state index < -0.39 is 0 Å². The Labute approximate surface area is 186 Å². The van der Waals surface area contributed by atoms with Gasteiger partial charge in [-0.25, -0.2) is 9.97 Å². The van der Waals surface area contributed by atoms with Gasteiger partial charge in [-0.15, -0.1) is 11.3 Å². The van der Waals surface area contributed by atoms with Crippen molar-refractivity contribution in [2.24, 2.45) is 0 Å². The van der Waals surface area contributed by atoms with Crippen LogP contribution in [0.15, 0.2) is 18.2 Å². The van der Waals surface area contributed by atoms with Crippen LogP contribution >= 0.6 is 11.3 Å². The molecule has 1 aliphatic carbocycles. The lowest BCUT2D eigenvalue weighted by atomic mass is 9.97. The molecule has 0 spiro atoms. The maximum absolute atomic E-state index is 12.8. The summed E-state index contributed by atoms with van der Waals surface area (Å²) >= 11 is 1.80. The third-order valence-corrected chi connectivity index (χ3v) is 6.72. The first-order valence-electron chi connectivity index (χ1n) is 10.7. The first-order chi connectivity index (χ1) is 15.2. The number of nitrogens with zero attached hydrogens (tertiary/aromatic N) is 2. The molecule has 31 heavy (non-hydrogen) atoms. The highest BCUT2D eigenvalue weighted by molar-refractivity contribution is 7.19. The fourth-order valence-electron chi connectivity index (χ4n) is 4.01. The minimum Gasteiger partial charge on any atom is -0.496 e. The molecule has 0 radical (unpaired) electrons. The molecule has 0 saturated heterocycles. The maximum atomic E-state index is 12.8. The molecule has 0 unspecified atom stereocenters. The highest BCUT2D eigenvalue weighted by atomic mass is 32.1. The summed E-state index contributed by atoms with van der Waals surface area (Å²) in [4.78, 5) is 24.8. The molecule has 8 heteroatoms. The number of methoxy groups -OCH3 is 2. The number of fused-ring (bicyclic) bond motifs is 3. The lowest BCUT2D eigenvalue weighted by Gasteiger charge is -2.14. The molecule has 2 heterocycles. The molecule has 0 atom stereocenters. The number of aryl methyl sites for hydroxylation is 3. The van der Waals surface area contributed by atoms with Crippen molar-refractivity contribution >= 4 is 33.3 Å². The second kappa shape index (κ2) is 9.51. The van der Waals surface area contributed by atoms with Gasteiger partial charge in [-0.3, -0.25) is 4.79 Å². The number of rotatable bonds is 8. The van der Waals surface area contributed by atoms with Crippen LogP contribution in [0, 0.1) is 0 Å². The van der Waals surface area contributed by atoms with E-state index in [9.17, 15) is 4.79 Å². The number of hydrogen-bond acceptors (Lipinski definition) is 7. The van der Waals surface area contributed by atoms with Crippen LogP contribution < -0.4 is 20.1 Å². The predicted molar refractivity (Wildman–Crippen MR) is 124 cm³/mol. The Morgan fingerprint density at radius 3 is 2.55 bits per heavy atom. The van der Waals surface area contributed by atoms with Crippen LogP contribution in [0.3, 0.4) is 0 Å². The maximum Gasteiger partial charge on any atom is 0.258 e. The third-order valence-electron chi connectivity index (χ3n) is 5.54. The summed E-state index contributed by atoms with van der Waals surface area (Å²) in [6, 6.07) is 5.29. The highest BCUT2D eigenvalue weighted by Crippen LogP contribution is 2.38. The van der Waals surface area contributed by atoms with Gasteiger partial charge < -0.3 is 20.1 Å². The minimum atomic E-state index is -0.230. The van der Waals surface area contributed by atoms with Crippen LogP contribution in [0.4, 0.5) is 5.82 Å². The van der Waals surface area contributed by atoms with Gasteiger partial charge in [-0.1, -0.05) is 13.0 Å². The molecule has 4 rings (SSSR count). The molecular formula is C23H28N4O3S. The second-order valence-electron chi connectivity index (χ2n) is 7.45. The van der Waals surface area contributed by atoms with Gasteiger partial charge in [0.25, 0.3) is 5.91 Å². The van der Waals surface area contributed by atoms with Crippen molar-refractivity contribution in [2.45, 2.75) is 39.0 Å². The van der Waals surface area contributed by atoms with Gasteiger partial charge in [-0.05, 0) is 43.4 Å². The Balaban J connectivity index is 1.48. The van der Waals surface area contributed by atoms with Crippen molar-refractivity contribution in [3.63, 3.8) is 0 Å². The van der Waals surface area contributed by atoms with E-state index in [0.29, 0.717) is 30.2 Å². The van der Waals surface area contributed by atoms with E-state index >= 15 is 0 Å². The summed E-state index contributed by atoms with van der Waals surface area (Å²) in [5.41, 5.74) is 1.80. The summed E-state index contributed by atoms with van der Waals surface area (Å²) in [7, 11) is 3.08. The number of amides is 1. The minimum absolute atomic E-state index is 0.230. The predicted octanol–water partition coefficient (Wildman–Crippen LogP) is 3.99. The van der Waals surface area contributed by atoms with Gasteiger partial charge in [0.1, 0.15) is 33.5 Å². The van der Waals surface area contributed by atoms with E-state index in [2.05, 4.69) is 17.6 Å². The molecule has 2 aromatic heterocycles. The summed E-state index contributed by atoms with van der Waals surface area (Å²) in [6.07, 6.45) is 5.47. The fraction of sp³-hybridized carbons (Fsp3) is 0.435. The zero-order chi connectivity index (χ0) is 21.8. The lowest BCUT2D eigenvalue weighted by Crippen LogP contribution is -2.29. The quantitative estimate of drug-likeness (QED) is 0.515. The largest absolute Gasteiger partial charge is 0.496 e. The molecule has 164 valence electrons. The molecule has 2 N–H and O–H groups in total. The van der Waals surface area contributed by atoms with E-state index in [-0.39, 0.29) is 5.91 Å². The van der Waals surface area contributed by atoms with E-state index in [1.807, 2.05) is 0 Å². The molecule has 0 bridgehead atoms. The SMILES string of the molecule is CCc1nc(NCCNC(=O)c2c(OC)cccc2OC)c2c3c(sc2n1)CCCC3. The monoisotopic (exact) mass is 440 g/mol. The Morgan fingerprint density at radius 2 is 1.84 bits per heavy atom. The van der Waals surface area contributed by atoms with Gasteiger partial charge in [-0.2, -0.15) is 0 Å². The Bertz CT molecular complexity index is 1070. The van der Waals surface area contributed by atoms with Crippen molar-refractivity contribution < 1.29 is 14.3 Å². The first kappa shape index (κ1) is 21.4.